The predicted molar refractivity (Wildman–Crippen MR) is 69.9 cm³/mol. The number of Topliss-reactive ketones (excluding diaryl/α,β-unsaturated/α-hetero) is 1. The molecule has 1 aromatic carbocycles. The molecule has 1 aliphatic rings. The Morgan fingerprint density at radius 1 is 1.25 bits per heavy atom. The lowest BCUT2D eigenvalue weighted by Gasteiger charge is -2.09. The van der Waals surface area contributed by atoms with Crippen molar-refractivity contribution in [3.63, 3.8) is 0 Å². The van der Waals surface area contributed by atoms with Gasteiger partial charge in [0.1, 0.15) is 11.9 Å². The fourth-order valence-electron chi connectivity index (χ4n) is 2.02. The molecule has 0 N–H and O–H groups in total. The Hall–Kier alpha value is -1.75. The lowest BCUT2D eigenvalue weighted by Crippen LogP contribution is -2.18. The van der Waals surface area contributed by atoms with Crippen LogP contribution in [0.2, 0.25) is 0 Å². The summed E-state index contributed by atoms with van der Waals surface area (Å²) in [6.07, 6.45) is 1.49. The van der Waals surface area contributed by atoms with Crippen molar-refractivity contribution in [2.45, 2.75) is 31.8 Å². The first kappa shape index (κ1) is 14.7. The standard InChI is InChI=1S/C15H17FO4/c16-12-6-4-11(5-7-12)14(17)2-1-3-15(18)20-13-8-9-19-10-13/h4-7,13H,1-3,8-10H2/t13-/m1/s1. The topological polar surface area (TPSA) is 52.6 Å². The molecular formula is C15H17FO4. The average Bonchev–Trinajstić information content (AvgIpc) is 2.92. The molecule has 20 heavy (non-hydrogen) atoms. The van der Waals surface area contributed by atoms with Gasteiger partial charge in [0.15, 0.2) is 5.78 Å². The van der Waals surface area contributed by atoms with Crippen molar-refractivity contribution in [3.05, 3.63) is 35.6 Å². The van der Waals surface area contributed by atoms with Gasteiger partial charge in [0.25, 0.3) is 0 Å². The fraction of sp³-hybridized carbons (Fsp3) is 0.467. The maximum Gasteiger partial charge on any atom is 0.306 e. The molecule has 0 amide bonds. The molecular weight excluding hydrogens is 263 g/mol. The van der Waals surface area contributed by atoms with Gasteiger partial charge in [-0.05, 0) is 30.7 Å². The third-order valence-electron chi connectivity index (χ3n) is 3.14. The van der Waals surface area contributed by atoms with Crippen LogP contribution in [0.25, 0.3) is 0 Å². The average molecular weight is 280 g/mol. The molecule has 1 heterocycles. The Kier molecular flexibility index (Phi) is 5.24. The van der Waals surface area contributed by atoms with E-state index in [0.29, 0.717) is 25.2 Å². The molecule has 108 valence electrons. The van der Waals surface area contributed by atoms with Crippen LogP contribution < -0.4 is 0 Å². The molecule has 0 spiro atoms. The van der Waals surface area contributed by atoms with Gasteiger partial charge in [-0.25, -0.2) is 4.39 Å². The minimum Gasteiger partial charge on any atom is -0.460 e. The molecule has 1 aromatic rings. The lowest BCUT2D eigenvalue weighted by molar-refractivity contribution is -0.149. The minimum absolute atomic E-state index is 0.0954. The third-order valence-corrected chi connectivity index (χ3v) is 3.14. The predicted octanol–water partition coefficient (Wildman–Crippen LogP) is 2.51. The Labute approximate surface area is 116 Å². The van der Waals surface area contributed by atoms with Crippen LogP contribution in [0.1, 0.15) is 36.0 Å². The Morgan fingerprint density at radius 2 is 2.00 bits per heavy atom. The zero-order valence-corrected chi connectivity index (χ0v) is 11.1. The maximum absolute atomic E-state index is 12.7. The molecule has 1 fully saturated rings. The highest BCUT2D eigenvalue weighted by Gasteiger charge is 2.19. The van der Waals surface area contributed by atoms with Crippen molar-refractivity contribution in [2.75, 3.05) is 13.2 Å². The van der Waals surface area contributed by atoms with E-state index >= 15 is 0 Å². The Balaban J connectivity index is 1.68. The van der Waals surface area contributed by atoms with Crippen LogP contribution in [0.4, 0.5) is 4.39 Å². The summed E-state index contributed by atoms with van der Waals surface area (Å²) in [7, 11) is 0. The van der Waals surface area contributed by atoms with E-state index in [1.807, 2.05) is 0 Å². The monoisotopic (exact) mass is 280 g/mol. The number of carbonyl (C=O) groups is 2. The number of rotatable bonds is 6. The number of hydrogen-bond acceptors (Lipinski definition) is 4. The molecule has 0 saturated carbocycles. The molecule has 0 bridgehead atoms. The van der Waals surface area contributed by atoms with Gasteiger partial charge in [0.2, 0.25) is 0 Å². The SMILES string of the molecule is O=C(CCCC(=O)c1ccc(F)cc1)O[C@@H]1CCOC1. The summed E-state index contributed by atoms with van der Waals surface area (Å²) in [6.45, 7) is 1.08. The number of ether oxygens (including phenoxy) is 2. The van der Waals surface area contributed by atoms with Crippen LogP contribution in [-0.2, 0) is 14.3 Å². The molecule has 0 aromatic heterocycles. The van der Waals surface area contributed by atoms with E-state index in [1.165, 1.54) is 24.3 Å². The number of ketones is 1. The van der Waals surface area contributed by atoms with E-state index in [1.54, 1.807) is 0 Å². The summed E-state index contributed by atoms with van der Waals surface area (Å²) in [5, 5.41) is 0. The molecule has 0 aliphatic carbocycles. The summed E-state index contributed by atoms with van der Waals surface area (Å²) in [6, 6.07) is 5.40. The summed E-state index contributed by atoms with van der Waals surface area (Å²) in [5.74, 6) is -0.765. The second-order valence-electron chi connectivity index (χ2n) is 4.76. The van der Waals surface area contributed by atoms with E-state index in [0.717, 1.165) is 6.42 Å². The van der Waals surface area contributed by atoms with Gasteiger partial charge in [0.05, 0.1) is 13.2 Å². The lowest BCUT2D eigenvalue weighted by atomic mass is 10.1. The number of esters is 1. The quantitative estimate of drug-likeness (QED) is 0.593. The molecule has 0 unspecified atom stereocenters. The van der Waals surface area contributed by atoms with Crippen LogP contribution in [0, 0.1) is 5.82 Å². The van der Waals surface area contributed by atoms with E-state index < -0.39 is 0 Å². The van der Waals surface area contributed by atoms with E-state index in [4.69, 9.17) is 9.47 Å². The summed E-state index contributed by atoms with van der Waals surface area (Å²) in [4.78, 5) is 23.3. The second kappa shape index (κ2) is 7.14. The van der Waals surface area contributed by atoms with Gasteiger partial charge in [0, 0.05) is 24.8 Å². The molecule has 1 aliphatic heterocycles. The van der Waals surface area contributed by atoms with Crippen LogP contribution in [-0.4, -0.2) is 31.1 Å². The van der Waals surface area contributed by atoms with Gasteiger partial charge in [-0.1, -0.05) is 0 Å². The summed E-state index contributed by atoms with van der Waals surface area (Å²) < 4.78 is 23.0. The largest absolute Gasteiger partial charge is 0.460 e. The van der Waals surface area contributed by atoms with Crippen LogP contribution in [0.3, 0.4) is 0 Å². The normalized spacial score (nSPS) is 17.9. The minimum atomic E-state index is -0.371. The highest BCUT2D eigenvalue weighted by molar-refractivity contribution is 5.96. The van der Waals surface area contributed by atoms with Gasteiger partial charge in [-0.2, -0.15) is 0 Å². The van der Waals surface area contributed by atoms with Gasteiger partial charge in [-0.3, -0.25) is 9.59 Å². The van der Waals surface area contributed by atoms with E-state index in [9.17, 15) is 14.0 Å². The van der Waals surface area contributed by atoms with Crippen LogP contribution in [0.5, 0.6) is 0 Å². The zero-order valence-electron chi connectivity index (χ0n) is 11.1. The van der Waals surface area contributed by atoms with Crippen molar-refractivity contribution in [2.24, 2.45) is 0 Å². The van der Waals surface area contributed by atoms with Crippen molar-refractivity contribution >= 4 is 11.8 Å². The second-order valence-corrected chi connectivity index (χ2v) is 4.76. The first-order valence-corrected chi connectivity index (χ1v) is 6.71. The van der Waals surface area contributed by atoms with Gasteiger partial charge >= 0.3 is 5.97 Å². The van der Waals surface area contributed by atoms with Crippen LogP contribution in [0.15, 0.2) is 24.3 Å². The van der Waals surface area contributed by atoms with Crippen LogP contribution >= 0.6 is 0 Å². The molecule has 1 saturated heterocycles. The van der Waals surface area contributed by atoms with Gasteiger partial charge in [-0.15, -0.1) is 0 Å². The third kappa shape index (κ3) is 4.42. The molecule has 4 nitrogen and oxygen atoms in total. The van der Waals surface area contributed by atoms with Crippen molar-refractivity contribution in [1.29, 1.82) is 0 Å². The fourth-order valence-corrected chi connectivity index (χ4v) is 2.02. The van der Waals surface area contributed by atoms with Crippen molar-refractivity contribution < 1.29 is 23.5 Å². The number of benzene rings is 1. The smallest absolute Gasteiger partial charge is 0.306 e. The first-order valence-electron chi connectivity index (χ1n) is 6.71. The van der Waals surface area contributed by atoms with E-state index in [-0.39, 0.29) is 36.5 Å². The number of halogens is 1. The highest BCUT2D eigenvalue weighted by atomic mass is 19.1. The summed E-state index contributed by atoms with van der Waals surface area (Å²) in [5.41, 5.74) is 0.462. The zero-order chi connectivity index (χ0) is 14.4. The molecule has 0 radical (unpaired) electrons. The molecule has 2 rings (SSSR count). The van der Waals surface area contributed by atoms with Gasteiger partial charge < -0.3 is 9.47 Å². The Bertz CT molecular complexity index is 463. The summed E-state index contributed by atoms with van der Waals surface area (Å²) >= 11 is 0. The number of carbonyl (C=O) groups excluding carboxylic acids is 2. The molecule has 5 heteroatoms. The van der Waals surface area contributed by atoms with E-state index in [2.05, 4.69) is 0 Å². The number of hydrogen-bond donors (Lipinski definition) is 0. The van der Waals surface area contributed by atoms with Crippen molar-refractivity contribution in [3.8, 4) is 0 Å². The first-order chi connectivity index (χ1) is 9.65. The highest BCUT2D eigenvalue weighted by Crippen LogP contribution is 2.12. The Morgan fingerprint density at radius 3 is 2.65 bits per heavy atom. The molecule has 1 atom stereocenters. The van der Waals surface area contributed by atoms with Crippen molar-refractivity contribution in [1.82, 2.24) is 0 Å². The maximum atomic E-state index is 12.7.